The molecule has 5 heteroatoms. The molecule has 2 fully saturated rings. The van der Waals surface area contributed by atoms with Crippen LogP contribution in [0.5, 0.6) is 0 Å². The Morgan fingerprint density at radius 3 is 2.74 bits per heavy atom. The van der Waals surface area contributed by atoms with Crippen LogP contribution in [0.3, 0.4) is 0 Å². The van der Waals surface area contributed by atoms with E-state index in [4.69, 9.17) is 10.5 Å². The van der Waals surface area contributed by atoms with Crippen molar-refractivity contribution in [3.8, 4) is 0 Å². The van der Waals surface area contributed by atoms with E-state index in [1.165, 1.54) is 19.3 Å². The molecule has 1 amide bonds. The molecule has 2 aliphatic rings. The first kappa shape index (κ1) is 18.7. The molecule has 1 aliphatic heterocycles. The van der Waals surface area contributed by atoms with Gasteiger partial charge in [0.25, 0.3) is 0 Å². The molecular formula is C18H35N3O2. The summed E-state index contributed by atoms with van der Waals surface area (Å²) in [4.78, 5) is 14.3. The number of carbonyl (C=O) groups is 1. The van der Waals surface area contributed by atoms with Crippen LogP contribution in [0, 0.1) is 11.3 Å². The summed E-state index contributed by atoms with van der Waals surface area (Å²) in [5.74, 6) is 0.746. The summed E-state index contributed by atoms with van der Waals surface area (Å²) in [6, 6.07) is 0.229. The number of carbonyl (C=O) groups excluding carboxylic acids is 1. The number of amides is 1. The van der Waals surface area contributed by atoms with Gasteiger partial charge in [0.05, 0.1) is 19.3 Å². The van der Waals surface area contributed by atoms with Crippen LogP contribution in [0.2, 0.25) is 0 Å². The topological polar surface area (TPSA) is 67.6 Å². The summed E-state index contributed by atoms with van der Waals surface area (Å²) < 4.78 is 5.94. The fourth-order valence-corrected chi connectivity index (χ4v) is 3.81. The Morgan fingerprint density at radius 1 is 1.30 bits per heavy atom. The van der Waals surface area contributed by atoms with Gasteiger partial charge in [-0.1, -0.05) is 33.6 Å². The second-order valence-corrected chi connectivity index (χ2v) is 8.12. The maximum Gasteiger partial charge on any atom is 0.234 e. The molecule has 0 aromatic carbocycles. The average molecular weight is 325 g/mol. The van der Waals surface area contributed by atoms with E-state index in [0.717, 1.165) is 25.9 Å². The fourth-order valence-electron chi connectivity index (χ4n) is 3.81. The van der Waals surface area contributed by atoms with Gasteiger partial charge in [-0.25, -0.2) is 0 Å². The monoisotopic (exact) mass is 325 g/mol. The second-order valence-electron chi connectivity index (χ2n) is 8.12. The molecule has 0 aromatic rings. The first-order valence-corrected chi connectivity index (χ1v) is 9.25. The van der Waals surface area contributed by atoms with Crippen molar-refractivity contribution in [1.82, 2.24) is 10.2 Å². The van der Waals surface area contributed by atoms with Crippen LogP contribution in [0.15, 0.2) is 0 Å². The molecule has 0 spiro atoms. The van der Waals surface area contributed by atoms with Crippen molar-refractivity contribution in [2.45, 2.75) is 65.0 Å². The maximum absolute atomic E-state index is 12.1. The predicted molar refractivity (Wildman–Crippen MR) is 93.2 cm³/mol. The number of nitrogens with one attached hydrogen (secondary N) is 1. The van der Waals surface area contributed by atoms with E-state index in [2.05, 4.69) is 31.0 Å². The Morgan fingerprint density at radius 2 is 2.04 bits per heavy atom. The Kier molecular flexibility index (Phi) is 6.86. The van der Waals surface area contributed by atoms with Crippen LogP contribution in [0.25, 0.3) is 0 Å². The SMILES string of the molecule is CC1CCCCC1OCCNC(=O)CN1CCC(N)C(C)(C)C1. The summed E-state index contributed by atoms with van der Waals surface area (Å²) in [6.07, 6.45) is 6.37. The van der Waals surface area contributed by atoms with Gasteiger partial charge < -0.3 is 15.8 Å². The third-order valence-corrected chi connectivity index (χ3v) is 5.55. The molecule has 0 radical (unpaired) electrons. The van der Waals surface area contributed by atoms with Crippen molar-refractivity contribution in [3.63, 3.8) is 0 Å². The fraction of sp³-hybridized carbons (Fsp3) is 0.944. The highest BCUT2D eigenvalue weighted by Gasteiger charge is 2.33. The van der Waals surface area contributed by atoms with Gasteiger partial charge in [0.1, 0.15) is 0 Å². The number of rotatable bonds is 6. The summed E-state index contributed by atoms with van der Waals surface area (Å²) in [7, 11) is 0. The van der Waals surface area contributed by atoms with E-state index < -0.39 is 0 Å². The Hall–Kier alpha value is -0.650. The van der Waals surface area contributed by atoms with Gasteiger partial charge in [-0.15, -0.1) is 0 Å². The molecule has 1 saturated carbocycles. The zero-order valence-electron chi connectivity index (χ0n) is 15.1. The van der Waals surface area contributed by atoms with Crippen molar-refractivity contribution in [1.29, 1.82) is 0 Å². The third-order valence-electron chi connectivity index (χ3n) is 5.55. The molecule has 134 valence electrons. The molecule has 1 saturated heterocycles. The summed E-state index contributed by atoms with van der Waals surface area (Å²) >= 11 is 0. The first-order valence-electron chi connectivity index (χ1n) is 9.25. The number of nitrogens with zero attached hydrogens (tertiary/aromatic N) is 1. The van der Waals surface area contributed by atoms with E-state index in [1.807, 2.05) is 0 Å². The highest BCUT2D eigenvalue weighted by atomic mass is 16.5. The molecule has 0 aromatic heterocycles. The summed E-state index contributed by atoms with van der Waals surface area (Å²) in [5.41, 5.74) is 6.22. The van der Waals surface area contributed by atoms with Gasteiger partial charge in [0, 0.05) is 25.7 Å². The maximum atomic E-state index is 12.1. The molecule has 1 heterocycles. The van der Waals surface area contributed by atoms with Crippen LogP contribution in [-0.2, 0) is 9.53 Å². The third kappa shape index (κ3) is 5.73. The number of ether oxygens (including phenoxy) is 1. The molecular weight excluding hydrogens is 290 g/mol. The van der Waals surface area contributed by atoms with Crippen LogP contribution in [0.4, 0.5) is 0 Å². The largest absolute Gasteiger partial charge is 0.376 e. The van der Waals surface area contributed by atoms with E-state index in [9.17, 15) is 4.79 Å². The van der Waals surface area contributed by atoms with Gasteiger partial charge in [-0.2, -0.15) is 0 Å². The lowest BCUT2D eigenvalue weighted by Crippen LogP contribution is -2.54. The lowest BCUT2D eigenvalue weighted by Gasteiger charge is -2.42. The summed E-state index contributed by atoms with van der Waals surface area (Å²) in [6.45, 7) is 10.1. The van der Waals surface area contributed by atoms with Gasteiger partial charge in [-0.3, -0.25) is 9.69 Å². The minimum absolute atomic E-state index is 0.0821. The van der Waals surface area contributed by atoms with Crippen molar-refractivity contribution < 1.29 is 9.53 Å². The Labute approximate surface area is 141 Å². The predicted octanol–water partition coefficient (Wildman–Crippen LogP) is 1.76. The van der Waals surface area contributed by atoms with Crippen molar-refractivity contribution >= 4 is 5.91 Å². The second kappa shape index (κ2) is 8.45. The normalized spacial score (nSPS) is 31.7. The van der Waals surface area contributed by atoms with E-state index >= 15 is 0 Å². The van der Waals surface area contributed by atoms with Gasteiger partial charge in [-0.05, 0) is 30.6 Å². The molecule has 1 aliphatic carbocycles. The first-order chi connectivity index (χ1) is 10.9. The van der Waals surface area contributed by atoms with Crippen LogP contribution in [-0.4, -0.2) is 55.7 Å². The van der Waals surface area contributed by atoms with Gasteiger partial charge in [0.15, 0.2) is 0 Å². The lowest BCUT2D eigenvalue weighted by molar-refractivity contribution is -0.123. The zero-order chi connectivity index (χ0) is 16.9. The van der Waals surface area contributed by atoms with Gasteiger partial charge in [0.2, 0.25) is 5.91 Å². The summed E-state index contributed by atoms with van der Waals surface area (Å²) in [5, 5.41) is 2.99. The molecule has 3 atom stereocenters. The van der Waals surface area contributed by atoms with Crippen molar-refractivity contribution in [2.24, 2.45) is 17.1 Å². The number of likely N-dealkylation sites (tertiary alicyclic amines) is 1. The van der Waals surface area contributed by atoms with Crippen LogP contribution < -0.4 is 11.1 Å². The molecule has 2 rings (SSSR count). The van der Waals surface area contributed by atoms with Gasteiger partial charge >= 0.3 is 0 Å². The highest BCUT2D eigenvalue weighted by molar-refractivity contribution is 5.78. The minimum Gasteiger partial charge on any atom is -0.376 e. The Balaban J connectivity index is 1.60. The van der Waals surface area contributed by atoms with Crippen molar-refractivity contribution in [2.75, 3.05) is 32.8 Å². The van der Waals surface area contributed by atoms with Crippen LogP contribution >= 0.6 is 0 Å². The highest BCUT2D eigenvalue weighted by Crippen LogP contribution is 2.27. The molecule has 23 heavy (non-hydrogen) atoms. The zero-order valence-corrected chi connectivity index (χ0v) is 15.1. The van der Waals surface area contributed by atoms with E-state index in [-0.39, 0.29) is 17.4 Å². The van der Waals surface area contributed by atoms with Crippen LogP contribution in [0.1, 0.15) is 52.9 Å². The van der Waals surface area contributed by atoms with E-state index in [0.29, 0.717) is 31.7 Å². The quantitative estimate of drug-likeness (QED) is 0.730. The molecule has 3 N–H and O–H groups in total. The molecule has 0 bridgehead atoms. The average Bonchev–Trinajstić information content (AvgIpc) is 2.49. The number of hydrogen-bond acceptors (Lipinski definition) is 4. The molecule has 5 nitrogen and oxygen atoms in total. The Bertz CT molecular complexity index is 386. The molecule has 3 unspecified atom stereocenters. The number of nitrogens with two attached hydrogens (primary N) is 1. The standard InChI is InChI=1S/C18H35N3O2/c1-14-6-4-5-7-15(14)23-11-9-20-17(22)12-21-10-8-16(19)18(2,3)13-21/h14-16H,4-13,19H2,1-3H3,(H,20,22). The number of hydrogen-bond donors (Lipinski definition) is 2. The lowest BCUT2D eigenvalue weighted by atomic mass is 9.80. The van der Waals surface area contributed by atoms with Crippen molar-refractivity contribution in [3.05, 3.63) is 0 Å². The number of piperidine rings is 1. The minimum atomic E-state index is 0.0821. The van der Waals surface area contributed by atoms with E-state index in [1.54, 1.807) is 0 Å². The smallest absolute Gasteiger partial charge is 0.234 e.